The Balaban J connectivity index is 2.12. The summed E-state index contributed by atoms with van der Waals surface area (Å²) in [6.07, 6.45) is -0.470. The van der Waals surface area contributed by atoms with Crippen molar-refractivity contribution in [2.45, 2.75) is 18.6 Å². The third kappa shape index (κ3) is 3.53. The zero-order valence-corrected chi connectivity index (χ0v) is 11.0. The Morgan fingerprint density at radius 1 is 1.16 bits per heavy atom. The minimum absolute atomic E-state index is 0.271. The van der Waals surface area contributed by atoms with E-state index in [-0.39, 0.29) is 5.56 Å². The first-order valence-corrected chi connectivity index (χ1v) is 6.38. The molecule has 0 saturated heterocycles. The van der Waals surface area contributed by atoms with Crippen LogP contribution >= 0.6 is 11.6 Å². The van der Waals surface area contributed by atoms with Crippen molar-refractivity contribution in [2.24, 2.45) is 5.73 Å². The van der Waals surface area contributed by atoms with E-state index in [0.29, 0.717) is 11.4 Å². The molecule has 0 aliphatic carbocycles. The van der Waals surface area contributed by atoms with E-state index in [9.17, 15) is 9.50 Å². The van der Waals surface area contributed by atoms with E-state index >= 15 is 0 Å². The summed E-state index contributed by atoms with van der Waals surface area (Å²) in [7, 11) is 0. The summed E-state index contributed by atoms with van der Waals surface area (Å²) in [5.41, 5.74) is 7.13. The molecule has 0 unspecified atom stereocenters. The van der Waals surface area contributed by atoms with Crippen LogP contribution in [0.5, 0.6) is 0 Å². The Labute approximate surface area is 116 Å². The van der Waals surface area contributed by atoms with E-state index in [1.807, 2.05) is 30.3 Å². The molecule has 2 aromatic carbocycles. The molecule has 2 atom stereocenters. The van der Waals surface area contributed by atoms with E-state index < -0.39 is 18.0 Å². The van der Waals surface area contributed by atoms with Crippen LogP contribution in [0.25, 0.3) is 0 Å². The van der Waals surface area contributed by atoms with Crippen LogP contribution in [0.15, 0.2) is 48.5 Å². The number of rotatable bonds is 4. The summed E-state index contributed by atoms with van der Waals surface area (Å²) >= 11 is 5.69. The summed E-state index contributed by atoms with van der Waals surface area (Å²) in [5, 5.41) is 10.4. The summed E-state index contributed by atoms with van der Waals surface area (Å²) in [4.78, 5) is 0. The lowest BCUT2D eigenvalue weighted by Gasteiger charge is -2.20. The third-order valence-electron chi connectivity index (χ3n) is 3.02. The Hall–Kier alpha value is -1.42. The van der Waals surface area contributed by atoms with E-state index in [1.54, 1.807) is 6.07 Å². The predicted molar refractivity (Wildman–Crippen MR) is 74.5 cm³/mol. The van der Waals surface area contributed by atoms with Crippen LogP contribution in [0.3, 0.4) is 0 Å². The maximum absolute atomic E-state index is 13.7. The molecule has 2 rings (SSSR count). The zero-order chi connectivity index (χ0) is 13.8. The van der Waals surface area contributed by atoms with Gasteiger partial charge in [-0.15, -0.1) is 0 Å². The molecule has 0 amide bonds. The summed E-state index contributed by atoms with van der Waals surface area (Å²) in [6.45, 7) is 0. The highest BCUT2D eigenvalue weighted by molar-refractivity contribution is 6.30. The van der Waals surface area contributed by atoms with E-state index in [2.05, 4.69) is 0 Å². The minimum Gasteiger partial charge on any atom is -0.391 e. The van der Waals surface area contributed by atoms with E-state index in [1.165, 1.54) is 12.1 Å². The second-order valence-corrected chi connectivity index (χ2v) is 4.89. The highest BCUT2D eigenvalue weighted by atomic mass is 35.5. The fraction of sp³-hybridized carbons (Fsp3) is 0.200. The van der Waals surface area contributed by atoms with Gasteiger partial charge in [-0.05, 0) is 17.7 Å². The molecule has 0 radical (unpaired) electrons. The molecule has 0 heterocycles. The lowest BCUT2D eigenvalue weighted by molar-refractivity contribution is 0.143. The Bertz CT molecular complexity index is 547. The van der Waals surface area contributed by atoms with Crippen molar-refractivity contribution in [1.29, 1.82) is 0 Å². The van der Waals surface area contributed by atoms with Crippen molar-refractivity contribution in [3.8, 4) is 0 Å². The van der Waals surface area contributed by atoms with Crippen molar-refractivity contribution < 1.29 is 9.50 Å². The number of aliphatic hydroxyl groups excluding tert-OH is 1. The molecule has 0 saturated carbocycles. The Morgan fingerprint density at radius 2 is 1.84 bits per heavy atom. The van der Waals surface area contributed by atoms with Crippen LogP contribution in [0, 0.1) is 5.82 Å². The Morgan fingerprint density at radius 3 is 2.47 bits per heavy atom. The molecule has 4 heteroatoms. The lowest BCUT2D eigenvalue weighted by atomic mass is 9.96. The SMILES string of the molecule is N[C@H](c1ccc(Cl)cc1F)[C@@H](O)Cc1ccccc1. The van der Waals surface area contributed by atoms with Crippen molar-refractivity contribution in [2.75, 3.05) is 0 Å². The van der Waals surface area contributed by atoms with Crippen LogP contribution in [-0.4, -0.2) is 11.2 Å². The van der Waals surface area contributed by atoms with Gasteiger partial charge in [-0.25, -0.2) is 4.39 Å². The van der Waals surface area contributed by atoms with Gasteiger partial charge in [-0.1, -0.05) is 48.0 Å². The first-order chi connectivity index (χ1) is 9.08. The second kappa shape index (κ2) is 6.15. The van der Waals surface area contributed by atoms with Gasteiger partial charge in [0.1, 0.15) is 5.82 Å². The molecule has 0 aliphatic heterocycles. The highest BCUT2D eigenvalue weighted by Crippen LogP contribution is 2.23. The molecule has 3 N–H and O–H groups in total. The number of halogens is 2. The van der Waals surface area contributed by atoms with Gasteiger partial charge in [0, 0.05) is 17.0 Å². The molecule has 2 nitrogen and oxygen atoms in total. The zero-order valence-electron chi connectivity index (χ0n) is 10.3. The summed E-state index contributed by atoms with van der Waals surface area (Å²) < 4.78 is 13.7. The number of nitrogens with two attached hydrogens (primary N) is 1. The van der Waals surface area contributed by atoms with Crippen LogP contribution in [0.1, 0.15) is 17.2 Å². The predicted octanol–water partition coefficient (Wildman–Crippen LogP) is 3.08. The number of hydrogen-bond acceptors (Lipinski definition) is 2. The van der Waals surface area contributed by atoms with Crippen molar-refractivity contribution in [1.82, 2.24) is 0 Å². The molecule has 0 spiro atoms. The first-order valence-electron chi connectivity index (χ1n) is 6.00. The monoisotopic (exact) mass is 279 g/mol. The van der Waals surface area contributed by atoms with Crippen molar-refractivity contribution >= 4 is 11.6 Å². The molecule has 0 aliphatic rings. The molecule has 0 fully saturated rings. The molecule has 0 aromatic heterocycles. The largest absolute Gasteiger partial charge is 0.391 e. The molecular formula is C15H15ClFNO. The van der Waals surface area contributed by atoms with Gasteiger partial charge in [-0.3, -0.25) is 0 Å². The van der Waals surface area contributed by atoms with Crippen molar-refractivity contribution in [3.05, 3.63) is 70.5 Å². The number of aliphatic hydroxyl groups is 1. The topological polar surface area (TPSA) is 46.2 Å². The summed E-state index contributed by atoms with van der Waals surface area (Å²) in [5.74, 6) is -0.493. The fourth-order valence-corrected chi connectivity index (χ4v) is 2.12. The average molecular weight is 280 g/mol. The van der Waals surface area contributed by atoms with Crippen LogP contribution in [-0.2, 0) is 6.42 Å². The molecule has 100 valence electrons. The standard InChI is InChI=1S/C15H15ClFNO/c16-11-6-7-12(13(17)9-11)15(18)14(19)8-10-4-2-1-3-5-10/h1-7,9,14-15,19H,8,18H2/t14-,15+/m0/s1. The Kier molecular flexibility index (Phi) is 4.53. The third-order valence-corrected chi connectivity index (χ3v) is 3.26. The number of benzene rings is 2. The normalized spacial score (nSPS) is 14.1. The van der Waals surface area contributed by atoms with Crippen LogP contribution in [0.2, 0.25) is 5.02 Å². The lowest BCUT2D eigenvalue weighted by Crippen LogP contribution is -2.28. The maximum Gasteiger partial charge on any atom is 0.129 e. The van der Waals surface area contributed by atoms with Gasteiger partial charge in [0.2, 0.25) is 0 Å². The second-order valence-electron chi connectivity index (χ2n) is 4.45. The van der Waals surface area contributed by atoms with Gasteiger partial charge in [0.15, 0.2) is 0 Å². The fourth-order valence-electron chi connectivity index (χ4n) is 1.96. The highest BCUT2D eigenvalue weighted by Gasteiger charge is 2.20. The molecule has 19 heavy (non-hydrogen) atoms. The molecular weight excluding hydrogens is 265 g/mol. The average Bonchev–Trinajstić information content (AvgIpc) is 2.39. The molecule has 2 aromatic rings. The van der Waals surface area contributed by atoms with Gasteiger partial charge < -0.3 is 10.8 Å². The van der Waals surface area contributed by atoms with Crippen molar-refractivity contribution in [3.63, 3.8) is 0 Å². The quantitative estimate of drug-likeness (QED) is 0.903. The van der Waals surface area contributed by atoms with Gasteiger partial charge in [0.25, 0.3) is 0 Å². The van der Waals surface area contributed by atoms with Crippen LogP contribution < -0.4 is 5.73 Å². The number of hydrogen-bond donors (Lipinski definition) is 2. The summed E-state index contributed by atoms with van der Waals surface area (Å²) in [6, 6.07) is 13.0. The van der Waals surface area contributed by atoms with Gasteiger partial charge >= 0.3 is 0 Å². The smallest absolute Gasteiger partial charge is 0.129 e. The van der Waals surface area contributed by atoms with Gasteiger partial charge in [-0.2, -0.15) is 0 Å². The van der Waals surface area contributed by atoms with E-state index in [0.717, 1.165) is 5.56 Å². The first kappa shape index (κ1) is 14.0. The van der Waals surface area contributed by atoms with Gasteiger partial charge in [0.05, 0.1) is 12.1 Å². The maximum atomic E-state index is 13.7. The van der Waals surface area contributed by atoms with E-state index in [4.69, 9.17) is 17.3 Å². The molecule has 0 bridgehead atoms. The van der Waals surface area contributed by atoms with Crippen LogP contribution in [0.4, 0.5) is 4.39 Å². The minimum atomic E-state index is -0.849.